The lowest BCUT2D eigenvalue weighted by molar-refractivity contribution is 0.133. The van der Waals surface area contributed by atoms with Crippen LogP contribution < -0.4 is 4.74 Å². The molecule has 0 aliphatic carbocycles. The molecule has 0 radical (unpaired) electrons. The second-order valence-electron chi connectivity index (χ2n) is 4.68. The maximum Gasteiger partial charge on any atom is 0.119 e. The number of benzene rings is 1. The zero-order valence-corrected chi connectivity index (χ0v) is 12.3. The van der Waals surface area contributed by atoms with E-state index in [-0.39, 0.29) is 12.4 Å². The summed E-state index contributed by atoms with van der Waals surface area (Å²) in [6.45, 7) is 5.29. The Morgan fingerprint density at radius 3 is 2.67 bits per heavy atom. The molecule has 0 unspecified atom stereocenters. The molecule has 102 valence electrons. The molecule has 1 heterocycles. The number of nitrogens with zero attached hydrogens (tertiary/aromatic N) is 1. The van der Waals surface area contributed by atoms with E-state index < -0.39 is 0 Å². The molecule has 2 nitrogen and oxygen atoms in total. The van der Waals surface area contributed by atoms with Gasteiger partial charge in [-0.15, -0.1) is 12.4 Å². The molecule has 1 saturated heterocycles. The van der Waals surface area contributed by atoms with Gasteiger partial charge in [0.15, 0.2) is 0 Å². The van der Waals surface area contributed by atoms with Crippen molar-refractivity contribution in [3.05, 3.63) is 29.3 Å². The third-order valence-corrected chi connectivity index (χ3v) is 3.65. The predicted molar refractivity (Wildman–Crippen MR) is 79.1 cm³/mol. The standard InChI is InChI=1S/C14H20ClNO.ClH/c1-12-4-2-3-9-16(12)10-11-17-14-7-5-13(15)6-8-14;/h5-8,12H,2-4,9-11H2,1H3;1H/t12-;/m1./s1. The third kappa shape index (κ3) is 4.68. The van der Waals surface area contributed by atoms with Gasteiger partial charge >= 0.3 is 0 Å². The minimum atomic E-state index is 0. The lowest BCUT2D eigenvalue weighted by atomic mass is 10.0. The van der Waals surface area contributed by atoms with Crippen LogP contribution in [-0.4, -0.2) is 30.6 Å². The van der Waals surface area contributed by atoms with E-state index in [9.17, 15) is 0 Å². The van der Waals surface area contributed by atoms with Crippen LogP contribution in [-0.2, 0) is 0 Å². The van der Waals surface area contributed by atoms with Crippen molar-refractivity contribution in [1.29, 1.82) is 0 Å². The third-order valence-electron chi connectivity index (χ3n) is 3.40. The van der Waals surface area contributed by atoms with E-state index in [0.717, 1.165) is 23.9 Å². The first-order chi connectivity index (χ1) is 8.25. The van der Waals surface area contributed by atoms with Crippen molar-refractivity contribution >= 4 is 24.0 Å². The van der Waals surface area contributed by atoms with Gasteiger partial charge in [-0.1, -0.05) is 18.0 Å². The Hall–Kier alpha value is -0.440. The predicted octanol–water partition coefficient (Wildman–Crippen LogP) is 4.02. The van der Waals surface area contributed by atoms with Gasteiger partial charge < -0.3 is 4.74 Å². The van der Waals surface area contributed by atoms with Gasteiger partial charge in [0.2, 0.25) is 0 Å². The van der Waals surface area contributed by atoms with Crippen LogP contribution in [0.15, 0.2) is 24.3 Å². The lowest BCUT2D eigenvalue weighted by Gasteiger charge is -2.33. The maximum absolute atomic E-state index is 5.82. The molecule has 4 heteroatoms. The van der Waals surface area contributed by atoms with Crippen molar-refractivity contribution in [1.82, 2.24) is 4.90 Å². The van der Waals surface area contributed by atoms with E-state index in [1.54, 1.807) is 0 Å². The Morgan fingerprint density at radius 2 is 2.00 bits per heavy atom. The van der Waals surface area contributed by atoms with Crippen molar-refractivity contribution in [3.63, 3.8) is 0 Å². The summed E-state index contributed by atoms with van der Waals surface area (Å²) in [5.74, 6) is 0.902. The number of piperidine rings is 1. The second kappa shape index (κ2) is 7.88. The largest absolute Gasteiger partial charge is 0.492 e. The van der Waals surface area contributed by atoms with Crippen molar-refractivity contribution in [2.24, 2.45) is 0 Å². The summed E-state index contributed by atoms with van der Waals surface area (Å²) in [6, 6.07) is 8.27. The molecule has 1 atom stereocenters. The molecule has 0 N–H and O–H groups in total. The molecule has 0 spiro atoms. The Morgan fingerprint density at radius 1 is 1.28 bits per heavy atom. The van der Waals surface area contributed by atoms with Gasteiger partial charge in [0.25, 0.3) is 0 Å². The molecule has 1 aliphatic heterocycles. The molecule has 18 heavy (non-hydrogen) atoms. The molecule has 1 aromatic carbocycles. The van der Waals surface area contributed by atoms with Gasteiger partial charge in [-0.2, -0.15) is 0 Å². The van der Waals surface area contributed by atoms with E-state index >= 15 is 0 Å². The molecular formula is C14H21Cl2NO. The molecule has 2 rings (SSSR count). The fraction of sp³-hybridized carbons (Fsp3) is 0.571. The molecule has 1 aromatic rings. The zero-order chi connectivity index (χ0) is 12.1. The average molecular weight is 290 g/mol. The van der Waals surface area contributed by atoms with E-state index in [0.29, 0.717) is 6.04 Å². The molecule has 0 bridgehead atoms. The molecule has 0 aromatic heterocycles. The van der Waals surface area contributed by atoms with E-state index in [2.05, 4.69) is 11.8 Å². The van der Waals surface area contributed by atoms with Crippen LogP contribution in [0.2, 0.25) is 5.02 Å². The summed E-state index contributed by atoms with van der Waals surface area (Å²) in [6.07, 6.45) is 4.02. The topological polar surface area (TPSA) is 12.5 Å². The molecule has 0 saturated carbocycles. The van der Waals surface area contributed by atoms with Crippen LogP contribution >= 0.6 is 24.0 Å². The molecule has 1 aliphatic rings. The van der Waals surface area contributed by atoms with Gasteiger partial charge in [-0.25, -0.2) is 0 Å². The van der Waals surface area contributed by atoms with Crippen LogP contribution in [0.5, 0.6) is 5.75 Å². The van der Waals surface area contributed by atoms with E-state index in [1.165, 1.54) is 25.8 Å². The molecular weight excluding hydrogens is 269 g/mol. The Balaban J connectivity index is 0.00000162. The number of ether oxygens (including phenoxy) is 1. The normalized spacial score (nSPS) is 20.2. The number of hydrogen-bond donors (Lipinski definition) is 0. The first kappa shape index (κ1) is 15.6. The monoisotopic (exact) mass is 289 g/mol. The smallest absolute Gasteiger partial charge is 0.119 e. The Kier molecular flexibility index (Phi) is 6.83. The summed E-state index contributed by atoms with van der Waals surface area (Å²) in [5, 5.41) is 0.752. The van der Waals surface area contributed by atoms with Crippen LogP contribution in [0.4, 0.5) is 0 Å². The van der Waals surface area contributed by atoms with Crippen molar-refractivity contribution in [3.8, 4) is 5.75 Å². The quantitative estimate of drug-likeness (QED) is 0.830. The van der Waals surface area contributed by atoms with Crippen LogP contribution in [0.1, 0.15) is 26.2 Å². The van der Waals surface area contributed by atoms with Gasteiger partial charge in [0.05, 0.1) is 0 Å². The van der Waals surface area contributed by atoms with Gasteiger partial charge in [-0.3, -0.25) is 4.90 Å². The van der Waals surface area contributed by atoms with Gasteiger partial charge in [0.1, 0.15) is 12.4 Å². The second-order valence-corrected chi connectivity index (χ2v) is 5.12. The zero-order valence-electron chi connectivity index (χ0n) is 10.8. The minimum Gasteiger partial charge on any atom is -0.492 e. The van der Waals surface area contributed by atoms with E-state index in [4.69, 9.17) is 16.3 Å². The Labute approximate surface area is 121 Å². The number of rotatable bonds is 4. The van der Waals surface area contributed by atoms with Gasteiger partial charge in [0, 0.05) is 17.6 Å². The first-order valence-electron chi connectivity index (χ1n) is 6.38. The highest BCUT2D eigenvalue weighted by Crippen LogP contribution is 2.17. The maximum atomic E-state index is 5.82. The summed E-state index contributed by atoms with van der Waals surface area (Å²) >= 11 is 5.82. The molecule has 0 amide bonds. The van der Waals surface area contributed by atoms with E-state index in [1.807, 2.05) is 24.3 Å². The summed E-state index contributed by atoms with van der Waals surface area (Å²) < 4.78 is 5.71. The number of hydrogen-bond acceptors (Lipinski definition) is 2. The van der Waals surface area contributed by atoms with Crippen molar-refractivity contribution < 1.29 is 4.74 Å². The summed E-state index contributed by atoms with van der Waals surface area (Å²) in [5.41, 5.74) is 0. The van der Waals surface area contributed by atoms with Crippen LogP contribution in [0.3, 0.4) is 0 Å². The Bertz CT molecular complexity index is 342. The SMILES string of the molecule is C[C@@H]1CCCCN1CCOc1ccc(Cl)cc1.Cl. The lowest BCUT2D eigenvalue weighted by Crippen LogP contribution is -2.39. The first-order valence-corrected chi connectivity index (χ1v) is 6.76. The fourth-order valence-corrected chi connectivity index (χ4v) is 2.43. The fourth-order valence-electron chi connectivity index (χ4n) is 2.30. The summed E-state index contributed by atoms with van der Waals surface area (Å²) in [7, 11) is 0. The van der Waals surface area contributed by atoms with Crippen molar-refractivity contribution in [2.45, 2.75) is 32.2 Å². The highest BCUT2D eigenvalue weighted by atomic mass is 35.5. The van der Waals surface area contributed by atoms with Gasteiger partial charge in [-0.05, 0) is 50.6 Å². The van der Waals surface area contributed by atoms with Crippen molar-refractivity contribution in [2.75, 3.05) is 19.7 Å². The van der Waals surface area contributed by atoms with Crippen LogP contribution in [0.25, 0.3) is 0 Å². The summed E-state index contributed by atoms with van der Waals surface area (Å²) in [4.78, 5) is 2.51. The number of halogens is 2. The number of likely N-dealkylation sites (tertiary alicyclic amines) is 1. The molecule has 1 fully saturated rings. The average Bonchev–Trinajstić information content (AvgIpc) is 2.34. The highest BCUT2D eigenvalue weighted by Gasteiger charge is 2.17. The highest BCUT2D eigenvalue weighted by molar-refractivity contribution is 6.30. The minimum absolute atomic E-state index is 0. The van der Waals surface area contributed by atoms with Crippen LogP contribution in [0, 0.1) is 0 Å².